The lowest BCUT2D eigenvalue weighted by Gasteiger charge is -2.38. The topological polar surface area (TPSA) is 23.8 Å². The van der Waals surface area contributed by atoms with E-state index in [4.69, 9.17) is 5.26 Å². The predicted molar refractivity (Wildman–Crippen MR) is 79.6 cm³/mol. The molecule has 2 rings (SSSR count). The maximum absolute atomic E-state index is 9.14. The van der Waals surface area contributed by atoms with Crippen molar-refractivity contribution < 1.29 is 0 Å². The lowest BCUT2D eigenvalue weighted by molar-refractivity contribution is 0.159. The summed E-state index contributed by atoms with van der Waals surface area (Å²) in [7, 11) is 0. The summed E-state index contributed by atoms with van der Waals surface area (Å²) in [4.78, 5) is 0. The lowest BCUT2D eigenvalue weighted by atomic mass is 9.69. The molecule has 1 nitrogen and oxygen atoms in total. The molecule has 0 atom stereocenters. The van der Waals surface area contributed by atoms with Crippen LogP contribution in [-0.4, -0.2) is 4.32 Å². The second-order valence-corrected chi connectivity index (χ2v) is 8.00. The molecular weight excluding hydrogens is 286 g/mol. The summed E-state index contributed by atoms with van der Waals surface area (Å²) in [6, 6.07) is 2.44. The molecule has 0 spiro atoms. The molecule has 0 aromatic carbocycles. The zero-order valence-corrected chi connectivity index (χ0v) is 13.2. The Hall–Kier alpha value is -0.0300. The zero-order valence-electron chi connectivity index (χ0n) is 11.6. The van der Waals surface area contributed by atoms with Gasteiger partial charge in [-0.05, 0) is 56.3 Å². The minimum Gasteiger partial charge on any atom is -0.197 e. The molecular formula is C16H26BrN. The summed E-state index contributed by atoms with van der Waals surface area (Å²) in [5.41, 5.74) is 0. The van der Waals surface area contributed by atoms with Crippen LogP contribution in [-0.2, 0) is 0 Å². The van der Waals surface area contributed by atoms with Crippen LogP contribution >= 0.6 is 15.9 Å². The van der Waals surface area contributed by atoms with Gasteiger partial charge in [-0.1, -0.05) is 48.5 Å². The van der Waals surface area contributed by atoms with Crippen molar-refractivity contribution in [3.05, 3.63) is 0 Å². The second kappa shape index (κ2) is 6.42. The Morgan fingerprint density at radius 1 is 1.06 bits per heavy atom. The summed E-state index contributed by atoms with van der Waals surface area (Å²) in [6.07, 6.45) is 13.3. The molecule has 2 fully saturated rings. The highest BCUT2D eigenvalue weighted by atomic mass is 79.9. The van der Waals surface area contributed by atoms with Crippen LogP contribution < -0.4 is 0 Å². The molecule has 2 heteroatoms. The molecule has 0 N–H and O–H groups in total. The molecule has 0 heterocycles. The summed E-state index contributed by atoms with van der Waals surface area (Å²) in [5, 5.41) is 9.14. The van der Waals surface area contributed by atoms with Crippen LogP contribution in [0.2, 0.25) is 0 Å². The lowest BCUT2D eigenvalue weighted by Crippen LogP contribution is -2.31. The third-order valence-electron chi connectivity index (χ3n) is 5.28. The van der Waals surface area contributed by atoms with Gasteiger partial charge in [-0.3, -0.25) is 0 Å². The molecule has 0 amide bonds. The van der Waals surface area contributed by atoms with Crippen molar-refractivity contribution >= 4 is 15.9 Å². The summed E-state index contributed by atoms with van der Waals surface area (Å²) in [6.45, 7) is 2.31. The van der Waals surface area contributed by atoms with Crippen LogP contribution in [0.15, 0.2) is 0 Å². The fourth-order valence-corrected chi connectivity index (χ4v) is 4.50. The van der Waals surface area contributed by atoms with E-state index < -0.39 is 0 Å². The second-order valence-electron chi connectivity index (χ2n) is 6.48. The van der Waals surface area contributed by atoms with Crippen molar-refractivity contribution in [1.82, 2.24) is 0 Å². The van der Waals surface area contributed by atoms with E-state index in [9.17, 15) is 0 Å². The van der Waals surface area contributed by atoms with Gasteiger partial charge in [0.25, 0.3) is 0 Å². The van der Waals surface area contributed by atoms with E-state index in [1.54, 1.807) is 0 Å². The number of halogens is 1. The fourth-order valence-electron chi connectivity index (χ4n) is 4.04. The number of hydrogen-bond donors (Lipinski definition) is 0. The van der Waals surface area contributed by atoms with Crippen LogP contribution in [0, 0.1) is 29.1 Å². The van der Waals surface area contributed by atoms with Crippen LogP contribution in [0.3, 0.4) is 0 Å². The summed E-state index contributed by atoms with van der Waals surface area (Å²) in [5.74, 6) is 2.89. The number of hydrogen-bond acceptors (Lipinski definition) is 1. The molecule has 18 heavy (non-hydrogen) atoms. The first-order valence-corrected chi connectivity index (χ1v) is 8.56. The normalized spacial score (nSPS) is 41.3. The average molecular weight is 312 g/mol. The minimum atomic E-state index is -0.192. The van der Waals surface area contributed by atoms with Gasteiger partial charge in [-0.15, -0.1) is 0 Å². The van der Waals surface area contributed by atoms with Crippen molar-refractivity contribution in [2.75, 3.05) is 0 Å². The summed E-state index contributed by atoms with van der Waals surface area (Å²) < 4.78 is -0.192. The highest BCUT2D eigenvalue weighted by Crippen LogP contribution is 2.45. The summed E-state index contributed by atoms with van der Waals surface area (Å²) >= 11 is 3.62. The van der Waals surface area contributed by atoms with Crippen molar-refractivity contribution in [2.24, 2.45) is 17.8 Å². The monoisotopic (exact) mass is 311 g/mol. The first kappa shape index (κ1) is 14.4. The van der Waals surface area contributed by atoms with Crippen LogP contribution in [0.4, 0.5) is 0 Å². The van der Waals surface area contributed by atoms with Crippen molar-refractivity contribution in [3.8, 4) is 6.07 Å². The number of nitrogens with zero attached hydrogens (tertiary/aromatic N) is 1. The smallest absolute Gasteiger partial charge is 0.112 e. The average Bonchev–Trinajstić information content (AvgIpc) is 2.41. The van der Waals surface area contributed by atoms with Crippen LogP contribution in [0.5, 0.6) is 0 Å². The van der Waals surface area contributed by atoms with Gasteiger partial charge in [0.1, 0.15) is 4.32 Å². The quantitative estimate of drug-likeness (QED) is 0.637. The van der Waals surface area contributed by atoms with E-state index in [1.165, 1.54) is 51.4 Å². The zero-order chi connectivity index (χ0) is 13.0. The first-order chi connectivity index (χ1) is 8.67. The highest BCUT2D eigenvalue weighted by molar-refractivity contribution is 9.10. The van der Waals surface area contributed by atoms with Gasteiger partial charge in [-0.25, -0.2) is 0 Å². The van der Waals surface area contributed by atoms with E-state index in [-0.39, 0.29) is 4.32 Å². The number of alkyl halides is 1. The molecule has 0 aromatic heterocycles. The van der Waals surface area contributed by atoms with E-state index >= 15 is 0 Å². The fraction of sp³-hybridized carbons (Fsp3) is 0.938. The Labute approximate surface area is 120 Å². The van der Waals surface area contributed by atoms with Gasteiger partial charge in [-0.2, -0.15) is 5.26 Å². The Bertz CT molecular complexity index is 291. The number of rotatable bonds is 3. The maximum atomic E-state index is 9.14. The standard InChI is InChI=1S/C16H26BrN/c1-2-3-13-4-6-14(7-5-13)15-8-10-16(17,12-18)11-9-15/h13-15H,2-11H2,1H3. The van der Waals surface area contributed by atoms with Crippen LogP contribution in [0.25, 0.3) is 0 Å². The molecule has 2 aliphatic rings. The molecule has 0 saturated heterocycles. The van der Waals surface area contributed by atoms with Gasteiger partial charge < -0.3 is 0 Å². The Kier molecular flexibility index (Phi) is 5.13. The van der Waals surface area contributed by atoms with Crippen molar-refractivity contribution in [1.29, 1.82) is 5.26 Å². The van der Waals surface area contributed by atoms with E-state index in [2.05, 4.69) is 28.9 Å². The molecule has 0 radical (unpaired) electrons. The SMILES string of the molecule is CCCC1CCC(C2CCC(Br)(C#N)CC2)CC1. The van der Waals surface area contributed by atoms with Crippen molar-refractivity contribution in [2.45, 2.75) is 75.5 Å². The number of nitriles is 1. The third kappa shape index (κ3) is 3.50. The van der Waals surface area contributed by atoms with Gasteiger partial charge in [0.05, 0.1) is 6.07 Å². The Morgan fingerprint density at radius 3 is 2.11 bits per heavy atom. The molecule has 102 valence electrons. The van der Waals surface area contributed by atoms with Gasteiger partial charge in [0.15, 0.2) is 0 Å². The first-order valence-electron chi connectivity index (χ1n) is 7.77. The van der Waals surface area contributed by atoms with Gasteiger partial charge in [0, 0.05) is 0 Å². The molecule has 0 aromatic rings. The maximum Gasteiger partial charge on any atom is 0.112 e. The molecule has 0 unspecified atom stereocenters. The minimum absolute atomic E-state index is 0.192. The van der Waals surface area contributed by atoms with E-state index in [1.807, 2.05) is 0 Å². The van der Waals surface area contributed by atoms with Gasteiger partial charge in [0.2, 0.25) is 0 Å². The molecule has 0 bridgehead atoms. The van der Waals surface area contributed by atoms with Crippen LogP contribution in [0.1, 0.15) is 71.1 Å². The third-order valence-corrected chi connectivity index (χ3v) is 6.25. The Balaban J connectivity index is 1.77. The molecule has 2 aliphatic carbocycles. The molecule has 0 aliphatic heterocycles. The van der Waals surface area contributed by atoms with E-state index in [0.717, 1.165) is 30.6 Å². The largest absolute Gasteiger partial charge is 0.197 e. The molecule has 2 saturated carbocycles. The predicted octanol–water partition coefficient (Wildman–Crippen LogP) is 5.44. The Morgan fingerprint density at radius 2 is 1.61 bits per heavy atom. The van der Waals surface area contributed by atoms with Gasteiger partial charge >= 0.3 is 0 Å². The van der Waals surface area contributed by atoms with E-state index in [0.29, 0.717) is 0 Å². The van der Waals surface area contributed by atoms with Crippen molar-refractivity contribution in [3.63, 3.8) is 0 Å². The highest BCUT2D eigenvalue weighted by Gasteiger charge is 2.36.